The van der Waals surface area contributed by atoms with Crippen LogP contribution in [0.4, 0.5) is 0 Å². The average molecular weight is 295 g/mol. The van der Waals surface area contributed by atoms with Crippen molar-refractivity contribution in [2.24, 2.45) is 17.6 Å². The molecule has 2 nitrogen and oxygen atoms in total. The van der Waals surface area contributed by atoms with Crippen LogP contribution in [-0.2, 0) is 5.41 Å². The Morgan fingerprint density at radius 2 is 2.05 bits per heavy atom. The van der Waals surface area contributed by atoms with Gasteiger partial charge in [0.05, 0.1) is 6.04 Å². The number of hydrogen-bond acceptors (Lipinski definition) is 3. The summed E-state index contributed by atoms with van der Waals surface area (Å²) in [6, 6.07) is 5.00. The van der Waals surface area contributed by atoms with Gasteiger partial charge in [0.1, 0.15) is 0 Å². The predicted molar refractivity (Wildman–Crippen MR) is 89.3 cm³/mol. The Hall–Kier alpha value is -0.380. The third-order valence-electron chi connectivity index (χ3n) is 4.56. The van der Waals surface area contributed by atoms with E-state index in [1.54, 1.807) is 0 Å². The molecule has 2 rings (SSSR count). The van der Waals surface area contributed by atoms with E-state index in [0.29, 0.717) is 6.04 Å². The summed E-state index contributed by atoms with van der Waals surface area (Å²) in [5.41, 5.74) is 6.33. The van der Waals surface area contributed by atoms with Crippen molar-refractivity contribution in [3.05, 3.63) is 21.9 Å². The highest BCUT2D eigenvalue weighted by Gasteiger charge is 2.31. The maximum absolute atomic E-state index is 6.09. The van der Waals surface area contributed by atoms with E-state index in [9.17, 15) is 0 Å². The molecule has 1 aromatic heterocycles. The van der Waals surface area contributed by atoms with E-state index in [4.69, 9.17) is 5.73 Å². The van der Waals surface area contributed by atoms with Gasteiger partial charge in [0.15, 0.2) is 0 Å². The van der Waals surface area contributed by atoms with Crippen LogP contribution in [0.5, 0.6) is 0 Å². The van der Waals surface area contributed by atoms with Crippen molar-refractivity contribution in [1.82, 2.24) is 4.90 Å². The molecule has 0 radical (unpaired) electrons. The van der Waals surface area contributed by atoms with Crippen LogP contribution in [0.3, 0.4) is 0 Å². The molecule has 0 saturated carbocycles. The Labute approximate surface area is 128 Å². The first-order valence-electron chi connectivity index (χ1n) is 7.87. The molecule has 2 unspecified atom stereocenters. The molecule has 1 aliphatic rings. The quantitative estimate of drug-likeness (QED) is 0.908. The van der Waals surface area contributed by atoms with Crippen molar-refractivity contribution in [2.75, 3.05) is 19.6 Å². The largest absolute Gasteiger partial charge is 0.329 e. The lowest BCUT2D eigenvalue weighted by Crippen LogP contribution is -2.32. The molecule has 0 bridgehead atoms. The van der Waals surface area contributed by atoms with E-state index in [2.05, 4.69) is 51.7 Å². The molecule has 1 aliphatic heterocycles. The molecule has 0 aromatic carbocycles. The molecule has 1 saturated heterocycles. The highest BCUT2D eigenvalue weighted by molar-refractivity contribution is 7.12. The fourth-order valence-corrected chi connectivity index (χ4v) is 4.24. The first-order chi connectivity index (χ1) is 9.32. The molecule has 114 valence electrons. The van der Waals surface area contributed by atoms with Crippen LogP contribution in [-0.4, -0.2) is 24.5 Å². The Kier molecular flexibility index (Phi) is 4.93. The fraction of sp³-hybridized carbons (Fsp3) is 0.765. The summed E-state index contributed by atoms with van der Waals surface area (Å²) in [6.07, 6.45) is 1.33. The normalized spacial score (nSPS) is 22.6. The van der Waals surface area contributed by atoms with E-state index >= 15 is 0 Å². The molecule has 3 heteroatoms. The van der Waals surface area contributed by atoms with Crippen LogP contribution >= 0.6 is 11.3 Å². The van der Waals surface area contributed by atoms with Gasteiger partial charge in [-0.25, -0.2) is 0 Å². The molecule has 2 atom stereocenters. The second kappa shape index (κ2) is 6.17. The second-order valence-corrected chi connectivity index (χ2v) is 8.61. The third-order valence-corrected chi connectivity index (χ3v) is 6.17. The molecule has 1 aromatic rings. The summed E-state index contributed by atoms with van der Waals surface area (Å²) >= 11 is 1.95. The minimum absolute atomic E-state index is 0.244. The minimum atomic E-state index is 0.244. The summed E-state index contributed by atoms with van der Waals surface area (Å²) in [7, 11) is 0. The number of hydrogen-bond donors (Lipinski definition) is 1. The van der Waals surface area contributed by atoms with Crippen molar-refractivity contribution in [2.45, 2.75) is 52.5 Å². The van der Waals surface area contributed by atoms with Crippen LogP contribution in [0.1, 0.15) is 56.8 Å². The number of nitrogens with zero attached hydrogens (tertiary/aromatic N) is 1. The molecule has 20 heavy (non-hydrogen) atoms. The van der Waals surface area contributed by atoms with Crippen molar-refractivity contribution >= 4 is 11.3 Å². The van der Waals surface area contributed by atoms with Crippen molar-refractivity contribution in [1.29, 1.82) is 0 Å². The van der Waals surface area contributed by atoms with Gasteiger partial charge in [-0.2, -0.15) is 0 Å². The number of nitrogens with two attached hydrogens (primary N) is 1. The molecule has 1 fully saturated rings. The molecular formula is C17H30N2S. The van der Waals surface area contributed by atoms with Gasteiger partial charge < -0.3 is 5.73 Å². The van der Waals surface area contributed by atoms with Gasteiger partial charge in [0.25, 0.3) is 0 Å². The lowest BCUT2D eigenvalue weighted by molar-refractivity contribution is 0.235. The lowest BCUT2D eigenvalue weighted by Gasteiger charge is -2.26. The maximum atomic E-state index is 6.09. The number of thiophene rings is 1. The summed E-state index contributed by atoms with van der Waals surface area (Å²) in [5.74, 6) is 1.62. The Balaban J connectivity index is 2.11. The Morgan fingerprint density at radius 3 is 2.50 bits per heavy atom. The smallest absolute Gasteiger partial charge is 0.0564 e. The molecular weight excluding hydrogens is 264 g/mol. The van der Waals surface area contributed by atoms with Crippen LogP contribution in [0.2, 0.25) is 0 Å². The van der Waals surface area contributed by atoms with Crippen LogP contribution in [0.25, 0.3) is 0 Å². The van der Waals surface area contributed by atoms with Gasteiger partial charge in [-0.15, -0.1) is 11.3 Å². The van der Waals surface area contributed by atoms with Gasteiger partial charge in [0, 0.05) is 22.8 Å². The highest BCUT2D eigenvalue weighted by Crippen LogP contribution is 2.36. The lowest BCUT2D eigenvalue weighted by atomic mass is 9.95. The first-order valence-corrected chi connectivity index (χ1v) is 8.69. The summed E-state index contributed by atoms with van der Waals surface area (Å²) in [4.78, 5) is 5.51. The van der Waals surface area contributed by atoms with Crippen LogP contribution in [0.15, 0.2) is 12.1 Å². The molecule has 0 aliphatic carbocycles. The van der Waals surface area contributed by atoms with Crippen molar-refractivity contribution in [3.8, 4) is 0 Å². The van der Waals surface area contributed by atoms with E-state index in [-0.39, 0.29) is 5.41 Å². The van der Waals surface area contributed by atoms with Gasteiger partial charge in [0.2, 0.25) is 0 Å². The molecule has 2 heterocycles. The SMILES string of the molecule is CC(C)C1CCN(C(CN)c2ccc(C(C)(C)C)s2)C1. The zero-order chi connectivity index (χ0) is 14.9. The number of likely N-dealkylation sites (tertiary alicyclic amines) is 1. The molecule has 0 spiro atoms. The summed E-state index contributed by atoms with van der Waals surface area (Å²) < 4.78 is 0. The predicted octanol–water partition coefficient (Wildman–Crippen LogP) is 4.02. The fourth-order valence-electron chi connectivity index (χ4n) is 3.02. The van der Waals surface area contributed by atoms with Crippen molar-refractivity contribution < 1.29 is 0 Å². The zero-order valence-corrected chi connectivity index (χ0v) is 14.5. The summed E-state index contributed by atoms with van der Waals surface area (Å²) in [6.45, 7) is 14.7. The van der Waals surface area contributed by atoms with Gasteiger partial charge in [-0.3, -0.25) is 4.90 Å². The third kappa shape index (κ3) is 3.44. The van der Waals surface area contributed by atoms with E-state index in [1.165, 1.54) is 29.3 Å². The van der Waals surface area contributed by atoms with E-state index in [0.717, 1.165) is 18.4 Å². The second-order valence-electron chi connectivity index (χ2n) is 7.49. The molecule has 0 amide bonds. The zero-order valence-electron chi connectivity index (χ0n) is 13.6. The Bertz CT molecular complexity index is 430. The summed E-state index contributed by atoms with van der Waals surface area (Å²) in [5, 5.41) is 0. The van der Waals surface area contributed by atoms with Crippen LogP contribution in [0, 0.1) is 11.8 Å². The topological polar surface area (TPSA) is 29.3 Å². The highest BCUT2D eigenvalue weighted by atomic mass is 32.1. The molecule has 2 N–H and O–H groups in total. The van der Waals surface area contributed by atoms with E-state index in [1.807, 2.05) is 11.3 Å². The monoisotopic (exact) mass is 294 g/mol. The minimum Gasteiger partial charge on any atom is -0.329 e. The van der Waals surface area contributed by atoms with Gasteiger partial charge >= 0.3 is 0 Å². The van der Waals surface area contributed by atoms with Gasteiger partial charge in [-0.05, 0) is 42.3 Å². The maximum Gasteiger partial charge on any atom is 0.0564 e. The Morgan fingerprint density at radius 1 is 1.35 bits per heavy atom. The standard InChI is InChI=1S/C17H30N2S/c1-12(2)13-8-9-19(11-13)14(10-18)15-6-7-16(20-15)17(3,4)5/h6-7,12-14H,8-11,18H2,1-5H3. The van der Waals surface area contributed by atoms with Crippen LogP contribution < -0.4 is 5.73 Å². The van der Waals surface area contributed by atoms with Crippen molar-refractivity contribution in [3.63, 3.8) is 0 Å². The van der Waals surface area contributed by atoms with E-state index < -0.39 is 0 Å². The average Bonchev–Trinajstić information content (AvgIpc) is 2.97. The first kappa shape index (κ1) is 16.0. The van der Waals surface area contributed by atoms with Gasteiger partial charge in [-0.1, -0.05) is 34.6 Å². The number of rotatable bonds is 4.